The molecule has 1 atom stereocenters. The summed E-state index contributed by atoms with van der Waals surface area (Å²) in [5, 5.41) is 12.1. The zero-order chi connectivity index (χ0) is 11.3. The lowest BCUT2D eigenvalue weighted by Gasteiger charge is -2.31. The van der Waals surface area contributed by atoms with Crippen molar-refractivity contribution >= 4 is 5.91 Å². The van der Waals surface area contributed by atoms with E-state index >= 15 is 0 Å². The Kier molecular flexibility index (Phi) is 4.54. The van der Waals surface area contributed by atoms with Gasteiger partial charge in [-0.25, -0.2) is 0 Å². The van der Waals surface area contributed by atoms with Gasteiger partial charge in [-0.2, -0.15) is 0 Å². The molecule has 0 spiro atoms. The molecule has 1 rings (SSSR count). The average Bonchev–Trinajstić information content (AvgIpc) is 2.67. The number of nitrogens with zero attached hydrogens (tertiary/aromatic N) is 1. The Labute approximate surface area is 91.6 Å². The summed E-state index contributed by atoms with van der Waals surface area (Å²) in [7, 11) is 1.77. The van der Waals surface area contributed by atoms with E-state index in [9.17, 15) is 4.79 Å². The molecule has 1 aliphatic heterocycles. The summed E-state index contributed by atoms with van der Waals surface area (Å²) in [5.41, 5.74) is -0.210. The number of carbonyl (C=O) groups excluding carboxylic acids is 1. The van der Waals surface area contributed by atoms with E-state index in [1.807, 2.05) is 0 Å². The SMILES string of the molecule is CCCC1(C(=O)N(C)CCO)CCNC1. The molecule has 4 nitrogen and oxygen atoms in total. The van der Waals surface area contributed by atoms with Crippen molar-refractivity contribution in [3.05, 3.63) is 0 Å². The van der Waals surface area contributed by atoms with Gasteiger partial charge in [-0.15, -0.1) is 0 Å². The van der Waals surface area contributed by atoms with Crippen LogP contribution in [0.2, 0.25) is 0 Å². The molecule has 1 amide bonds. The Bertz CT molecular complexity index is 213. The molecule has 1 fully saturated rings. The molecular weight excluding hydrogens is 192 g/mol. The van der Waals surface area contributed by atoms with Crippen LogP contribution in [0, 0.1) is 5.41 Å². The van der Waals surface area contributed by atoms with Crippen molar-refractivity contribution < 1.29 is 9.90 Å². The van der Waals surface area contributed by atoms with E-state index in [4.69, 9.17) is 5.11 Å². The highest BCUT2D eigenvalue weighted by molar-refractivity contribution is 5.83. The molecule has 88 valence electrons. The summed E-state index contributed by atoms with van der Waals surface area (Å²) in [4.78, 5) is 13.9. The topological polar surface area (TPSA) is 52.6 Å². The number of likely N-dealkylation sites (N-methyl/N-ethyl adjacent to an activating group) is 1. The van der Waals surface area contributed by atoms with Gasteiger partial charge >= 0.3 is 0 Å². The maximum absolute atomic E-state index is 12.2. The van der Waals surface area contributed by atoms with E-state index in [1.54, 1.807) is 11.9 Å². The molecule has 2 N–H and O–H groups in total. The van der Waals surface area contributed by atoms with Crippen molar-refractivity contribution in [1.29, 1.82) is 0 Å². The number of rotatable bonds is 5. The van der Waals surface area contributed by atoms with Gasteiger partial charge in [0.1, 0.15) is 0 Å². The first-order chi connectivity index (χ1) is 7.16. The number of aliphatic hydroxyl groups is 1. The molecule has 0 aliphatic carbocycles. The summed E-state index contributed by atoms with van der Waals surface area (Å²) in [6.45, 7) is 4.30. The molecule has 1 aliphatic rings. The first kappa shape index (κ1) is 12.5. The summed E-state index contributed by atoms with van der Waals surface area (Å²) in [5.74, 6) is 0.184. The number of aliphatic hydroxyl groups excluding tert-OH is 1. The fraction of sp³-hybridized carbons (Fsp3) is 0.909. The summed E-state index contributed by atoms with van der Waals surface area (Å²) in [6.07, 6.45) is 2.89. The molecular formula is C11H22N2O2. The van der Waals surface area contributed by atoms with Gasteiger partial charge in [0, 0.05) is 20.1 Å². The van der Waals surface area contributed by atoms with Crippen LogP contribution in [0.1, 0.15) is 26.2 Å². The van der Waals surface area contributed by atoms with Crippen LogP contribution in [0.3, 0.4) is 0 Å². The van der Waals surface area contributed by atoms with Gasteiger partial charge in [0.25, 0.3) is 0 Å². The minimum absolute atomic E-state index is 0.0396. The second-order valence-electron chi connectivity index (χ2n) is 4.41. The summed E-state index contributed by atoms with van der Waals surface area (Å²) in [6, 6.07) is 0. The van der Waals surface area contributed by atoms with E-state index in [1.165, 1.54) is 0 Å². The Morgan fingerprint density at radius 3 is 2.80 bits per heavy atom. The van der Waals surface area contributed by atoms with Gasteiger partial charge in [-0.1, -0.05) is 13.3 Å². The Hall–Kier alpha value is -0.610. The predicted molar refractivity (Wildman–Crippen MR) is 59.6 cm³/mol. The lowest BCUT2D eigenvalue weighted by atomic mass is 9.81. The second-order valence-corrected chi connectivity index (χ2v) is 4.41. The third-order valence-electron chi connectivity index (χ3n) is 3.21. The number of amides is 1. The fourth-order valence-electron chi connectivity index (χ4n) is 2.38. The molecule has 0 saturated carbocycles. The molecule has 1 saturated heterocycles. The zero-order valence-electron chi connectivity index (χ0n) is 9.75. The van der Waals surface area contributed by atoms with E-state index in [-0.39, 0.29) is 17.9 Å². The van der Waals surface area contributed by atoms with Crippen LogP contribution >= 0.6 is 0 Å². The Balaban J connectivity index is 2.66. The van der Waals surface area contributed by atoms with Crippen LogP contribution in [-0.2, 0) is 4.79 Å². The highest BCUT2D eigenvalue weighted by Gasteiger charge is 2.41. The highest BCUT2D eigenvalue weighted by Crippen LogP contribution is 2.32. The molecule has 0 aromatic rings. The standard InChI is InChI=1S/C11H22N2O2/c1-3-4-11(5-6-12-9-11)10(15)13(2)7-8-14/h12,14H,3-9H2,1-2H3. The van der Waals surface area contributed by atoms with Crippen molar-refractivity contribution in [2.45, 2.75) is 26.2 Å². The van der Waals surface area contributed by atoms with Crippen LogP contribution in [0.25, 0.3) is 0 Å². The first-order valence-electron chi connectivity index (χ1n) is 5.73. The normalized spacial score (nSPS) is 25.5. The number of hydrogen-bond donors (Lipinski definition) is 2. The molecule has 0 bridgehead atoms. The third kappa shape index (κ3) is 2.69. The molecule has 0 aromatic heterocycles. The molecule has 15 heavy (non-hydrogen) atoms. The minimum atomic E-state index is -0.210. The van der Waals surface area contributed by atoms with Gasteiger partial charge < -0.3 is 15.3 Å². The summed E-state index contributed by atoms with van der Waals surface area (Å²) >= 11 is 0. The van der Waals surface area contributed by atoms with E-state index in [0.717, 1.165) is 32.4 Å². The minimum Gasteiger partial charge on any atom is -0.395 e. The number of nitrogens with one attached hydrogen (secondary N) is 1. The lowest BCUT2D eigenvalue weighted by Crippen LogP contribution is -2.44. The first-order valence-corrected chi connectivity index (χ1v) is 5.73. The maximum Gasteiger partial charge on any atom is 0.229 e. The van der Waals surface area contributed by atoms with E-state index < -0.39 is 0 Å². The Morgan fingerprint density at radius 2 is 2.33 bits per heavy atom. The molecule has 0 aromatic carbocycles. The van der Waals surface area contributed by atoms with Crippen molar-refractivity contribution in [3.63, 3.8) is 0 Å². The van der Waals surface area contributed by atoms with Crippen molar-refractivity contribution in [2.75, 3.05) is 33.3 Å². The molecule has 1 heterocycles. The van der Waals surface area contributed by atoms with Gasteiger partial charge in [0.2, 0.25) is 5.91 Å². The maximum atomic E-state index is 12.2. The molecule has 0 radical (unpaired) electrons. The quantitative estimate of drug-likeness (QED) is 0.688. The van der Waals surface area contributed by atoms with Gasteiger partial charge in [-0.3, -0.25) is 4.79 Å². The number of carbonyl (C=O) groups is 1. The number of hydrogen-bond acceptors (Lipinski definition) is 3. The van der Waals surface area contributed by atoms with E-state index in [0.29, 0.717) is 6.54 Å². The van der Waals surface area contributed by atoms with Crippen LogP contribution in [0.4, 0.5) is 0 Å². The largest absolute Gasteiger partial charge is 0.395 e. The van der Waals surface area contributed by atoms with Gasteiger partial charge in [0.15, 0.2) is 0 Å². The monoisotopic (exact) mass is 214 g/mol. The molecule has 1 unspecified atom stereocenters. The summed E-state index contributed by atoms with van der Waals surface area (Å²) < 4.78 is 0. The Morgan fingerprint density at radius 1 is 1.60 bits per heavy atom. The smallest absolute Gasteiger partial charge is 0.229 e. The van der Waals surface area contributed by atoms with Crippen molar-refractivity contribution in [1.82, 2.24) is 10.2 Å². The predicted octanol–water partition coefficient (Wildman–Crippen LogP) is 0.217. The van der Waals surface area contributed by atoms with Crippen molar-refractivity contribution in [3.8, 4) is 0 Å². The second kappa shape index (κ2) is 5.47. The van der Waals surface area contributed by atoms with Crippen LogP contribution in [0.15, 0.2) is 0 Å². The van der Waals surface area contributed by atoms with Crippen LogP contribution < -0.4 is 5.32 Å². The van der Waals surface area contributed by atoms with Gasteiger partial charge in [0.05, 0.1) is 12.0 Å². The lowest BCUT2D eigenvalue weighted by molar-refractivity contribution is -0.140. The third-order valence-corrected chi connectivity index (χ3v) is 3.21. The fourth-order valence-corrected chi connectivity index (χ4v) is 2.38. The average molecular weight is 214 g/mol. The molecule has 4 heteroatoms. The zero-order valence-corrected chi connectivity index (χ0v) is 9.75. The highest BCUT2D eigenvalue weighted by atomic mass is 16.3. The van der Waals surface area contributed by atoms with E-state index in [2.05, 4.69) is 12.2 Å². The van der Waals surface area contributed by atoms with Gasteiger partial charge in [-0.05, 0) is 19.4 Å². The van der Waals surface area contributed by atoms with Crippen LogP contribution in [0.5, 0.6) is 0 Å². The van der Waals surface area contributed by atoms with Crippen molar-refractivity contribution in [2.24, 2.45) is 5.41 Å². The van der Waals surface area contributed by atoms with Crippen LogP contribution in [-0.4, -0.2) is 49.2 Å².